The van der Waals surface area contributed by atoms with Crippen molar-refractivity contribution >= 4 is 11.9 Å². The molecule has 0 spiro atoms. The van der Waals surface area contributed by atoms with Crippen LogP contribution in [0.4, 0.5) is 0 Å². The van der Waals surface area contributed by atoms with E-state index >= 15 is 0 Å². The van der Waals surface area contributed by atoms with Gasteiger partial charge in [-0.2, -0.15) is 0 Å². The number of carboxylic acids is 1. The van der Waals surface area contributed by atoms with Crippen molar-refractivity contribution in [2.45, 2.75) is 45.6 Å². The number of carbonyl (C=O) groups excluding carboxylic acids is 1. The van der Waals surface area contributed by atoms with Gasteiger partial charge in [-0.15, -0.1) is 0 Å². The first kappa shape index (κ1) is 14.7. The Hall–Kier alpha value is -1.36. The number of hydrogen-bond donors (Lipinski definition) is 3. The molecule has 0 aliphatic heterocycles. The fraction of sp³-hybridized carbons (Fsp3) is 0.692. The molecule has 5 nitrogen and oxygen atoms in total. The van der Waals surface area contributed by atoms with Crippen molar-refractivity contribution in [1.82, 2.24) is 5.32 Å². The number of nitrogens with one attached hydrogen (secondary N) is 1. The Labute approximate surface area is 107 Å². The first-order valence-electron chi connectivity index (χ1n) is 6.28. The molecule has 102 valence electrons. The molecule has 0 aromatic heterocycles. The predicted molar refractivity (Wildman–Crippen MR) is 67.0 cm³/mol. The lowest BCUT2D eigenvalue weighted by atomic mass is 9.86. The molecule has 0 aromatic rings. The van der Waals surface area contributed by atoms with Crippen molar-refractivity contribution in [3.63, 3.8) is 0 Å². The molecule has 0 aromatic carbocycles. The van der Waals surface area contributed by atoms with Crippen molar-refractivity contribution in [2.75, 3.05) is 6.61 Å². The normalized spacial score (nSPS) is 25.3. The number of aliphatic carboxylic acids is 1. The summed E-state index contributed by atoms with van der Waals surface area (Å²) in [5.41, 5.74) is 0.315. The smallest absolute Gasteiger partial charge is 0.331 e. The average Bonchev–Trinajstić information content (AvgIpc) is 2.36. The molecular formula is C13H21NO4. The maximum absolute atomic E-state index is 11.9. The van der Waals surface area contributed by atoms with Gasteiger partial charge < -0.3 is 15.5 Å². The number of carbonyl (C=O) groups is 2. The van der Waals surface area contributed by atoms with Gasteiger partial charge >= 0.3 is 5.97 Å². The summed E-state index contributed by atoms with van der Waals surface area (Å²) in [6.07, 6.45) is 3.63. The van der Waals surface area contributed by atoms with E-state index in [1.807, 2.05) is 0 Å². The second-order valence-electron chi connectivity index (χ2n) is 4.94. The summed E-state index contributed by atoms with van der Waals surface area (Å²) >= 11 is 0. The molecule has 1 saturated carbocycles. The average molecular weight is 255 g/mol. The van der Waals surface area contributed by atoms with Crippen LogP contribution in [0.3, 0.4) is 0 Å². The highest BCUT2D eigenvalue weighted by atomic mass is 16.4. The van der Waals surface area contributed by atoms with Crippen molar-refractivity contribution in [3.8, 4) is 0 Å². The SMILES string of the molecule is CC(C(=O)O)=C(C)C(=O)NC1CCCC(CO)C1. The predicted octanol–water partition coefficient (Wildman–Crippen LogP) is 1.07. The molecule has 18 heavy (non-hydrogen) atoms. The molecule has 3 N–H and O–H groups in total. The summed E-state index contributed by atoms with van der Waals surface area (Å²) < 4.78 is 0. The number of aliphatic hydroxyl groups is 1. The zero-order valence-corrected chi connectivity index (χ0v) is 10.9. The Balaban J connectivity index is 2.59. The first-order valence-corrected chi connectivity index (χ1v) is 6.28. The van der Waals surface area contributed by atoms with Gasteiger partial charge in [-0.25, -0.2) is 4.79 Å². The fourth-order valence-electron chi connectivity index (χ4n) is 2.21. The monoisotopic (exact) mass is 255 g/mol. The van der Waals surface area contributed by atoms with Gasteiger partial charge in [0.05, 0.1) is 0 Å². The van der Waals surface area contributed by atoms with Gasteiger partial charge in [0.2, 0.25) is 5.91 Å². The Morgan fingerprint density at radius 3 is 2.44 bits per heavy atom. The van der Waals surface area contributed by atoms with Gasteiger partial charge in [0, 0.05) is 23.8 Å². The van der Waals surface area contributed by atoms with E-state index in [0.29, 0.717) is 0 Å². The molecule has 2 unspecified atom stereocenters. The largest absolute Gasteiger partial charge is 0.478 e. The summed E-state index contributed by atoms with van der Waals surface area (Å²) in [6.45, 7) is 3.09. The maximum atomic E-state index is 11.9. The van der Waals surface area contributed by atoms with Crippen LogP contribution in [0.5, 0.6) is 0 Å². The minimum Gasteiger partial charge on any atom is -0.478 e. The summed E-state index contributed by atoms with van der Waals surface area (Å²) in [7, 11) is 0. The van der Waals surface area contributed by atoms with Crippen molar-refractivity contribution in [1.29, 1.82) is 0 Å². The third-order valence-corrected chi connectivity index (χ3v) is 3.60. The molecule has 0 bridgehead atoms. The van der Waals surface area contributed by atoms with Gasteiger partial charge in [0.1, 0.15) is 0 Å². The van der Waals surface area contributed by atoms with Crippen molar-refractivity contribution in [3.05, 3.63) is 11.1 Å². The summed E-state index contributed by atoms with van der Waals surface area (Å²) in [5, 5.41) is 20.8. The molecule has 2 atom stereocenters. The highest BCUT2D eigenvalue weighted by Gasteiger charge is 2.23. The number of aliphatic hydroxyl groups excluding tert-OH is 1. The Morgan fingerprint density at radius 1 is 1.22 bits per heavy atom. The standard InChI is InChI=1S/C13H21NO4/c1-8(9(2)13(17)18)12(16)14-11-5-3-4-10(6-11)7-15/h10-11,15H,3-7H2,1-2H3,(H,14,16)(H,17,18). The van der Waals surface area contributed by atoms with E-state index in [0.717, 1.165) is 25.7 Å². The van der Waals surface area contributed by atoms with E-state index in [2.05, 4.69) is 5.32 Å². The fourth-order valence-corrected chi connectivity index (χ4v) is 2.21. The van der Waals surface area contributed by atoms with Gasteiger partial charge in [-0.1, -0.05) is 6.42 Å². The topological polar surface area (TPSA) is 86.6 Å². The minimum atomic E-state index is -1.07. The molecule has 1 amide bonds. The summed E-state index contributed by atoms with van der Waals surface area (Å²) in [5.74, 6) is -1.15. The second kappa shape index (κ2) is 6.54. The second-order valence-corrected chi connectivity index (χ2v) is 4.94. The van der Waals surface area contributed by atoms with Crippen LogP contribution < -0.4 is 5.32 Å². The number of rotatable bonds is 4. The van der Waals surface area contributed by atoms with Gasteiger partial charge in [0.25, 0.3) is 0 Å². The molecule has 1 aliphatic rings. The molecular weight excluding hydrogens is 234 g/mol. The van der Waals surface area contributed by atoms with E-state index in [4.69, 9.17) is 10.2 Å². The van der Waals surface area contributed by atoms with E-state index in [-0.39, 0.29) is 35.6 Å². The Bertz CT molecular complexity index is 362. The summed E-state index contributed by atoms with van der Waals surface area (Å²) in [4.78, 5) is 22.6. The van der Waals surface area contributed by atoms with Crippen LogP contribution in [0.2, 0.25) is 0 Å². The summed E-state index contributed by atoms with van der Waals surface area (Å²) in [6, 6.07) is 0.0416. The molecule has 0 saturated heterocycles. The van der Waals surface area contributed by atoms with Crippen LogP contribution in [0.1, 0.15) is 39.5 Å². The van der Waals surface area contributed by atoms with Crippen LogP contribution in [-0.2, 0) is 9.59 Å². The van der Waals surface area contributed by atoms with Crippen LogP contribution in [-0.4, -0.2) is 34.7 Å². The zero-order valence-electron chi connectivity index (χ0n) is 10.9. The lowest BCUT2D eigenvalue weighted by Gasteiger charge is -2.28. The van der Waals surface area contributed by atoms with Crippen LogP contribution in [0, 0.1) is 5.92 Å². The van der Waals surface area contributed by atoms with Crippen molar-refractivity contribution < 1.29 is 19.8 Å². The third kappa shape index (κ3) is 3.84. The van der Waals surface area contributed by atoms with Gasteiger partial charge in [-0.3, -0.25) is 4.79 Å². The van der Waals surface area contributed by atoms with Gasteiger partial charge in [0.15, 0.2) is 0 Å². The quantitative estimate of drug-likeness (QED) is 0.656. The highest BCUT2D eigenvalue weighted by Crippen LogP contribution is 2.24. The lowest BCUT2D eigenvalue weighted by molar-refractivity contribution is -0.133. The highest BCUT2D eigenvalue weighted by molar-refractivity contribution is 6.01. The molecule has 5 heteroatoms. The van der Waals surface area contributed by atoms with Crippen LogP contribution >= 0.6 is 0 Å². The number of carboxylic acid groups (broad SMARTS) is 1. The molecule has 1 fully saturated rings. The molecule has 1 aliphatic carbocycles. The Morgan fingerprint density at radius 2 is 1.89 bits per heavy atom. The lowest BCUT2D eigenvalue weighted by Crippen LogP contribution is -2.39. The maximum Gasteiger partial charge on any atom is 0.331 e. The number of hydrogen-bond acceptors (Lipinski definition) is 3. The molecule has 0 radical (unpaired) electrons. The molecule has 0 heterocycles. The van der Waals surface area contributed by atoms with E-state index in [1.165, 1.54) is 13.8 Å². The third-order valence-electron chi connectivity index (χ3n) is 3.60. The van der Waals surface area contributed by atoms with Gasteiger partial charge in [-0.05, 0) is 39.0 Å². The first-order chi connectivity index (χ1) is 8.45. The van der Waals surface area contributed by atoms with E-state index < -0.39 is 5.97 Å². The van der Waals surface area contributed by atoms with Crippen LogP contribution in [0.25, 0.3) is 0 Å². The van der Waals surface area contributed by atoms with Crippen LogP contribution in [0.15, 0.2) is 11.1 Å². The number of amides is 1. The van der Waals surface area contributed by atoms with Crippen molar-refractivity contribution in [2.24, 2.45) is 5.92 Å². The molecule has 1 rings (SSSR count). The zero-order chi connectivity index (χ0) is 13.7. The van der Waals surface area contributed by atoms with E-state index in [9.17, 15) is 9.59 Å². The van der Waals surface area contributed by atoms with E-state index in [1.54, 1.807) is 0 Å². The Kier molecular flexibility index (Phi) is 5.34. The minimum absolute atomic E-state index is 0.0416.